The summed E-state index contributed by atoms with van der Waals surface area (Å²) in [5.41, 5.74) is 1.04. The molecule has 4 nitrogen and oxygen atoms in total. The van der Waals surface area contributed by atoms with Gasteiger partial charge >= 0.3 is 0 Å². The van der Waals surface area contributed by atoms with Crippen LogP contribution in [0.15, 0.2) is 24.3 Å². The highest BCUT2D eigenvalue weighted by Crippen LogP contribution is 2.20. The van der Waals surface area contributed by atoms with Crippen LogP contribution in [-0.4, -0.2) is 42.6 Å². The van der Waals surface area contributed by atoms with Gasteiger partial charge in [-0.2, -0.15) is 0 Å². The molecule has 2 unspecified atom stereocenters. The summed E-state index contributed by atoms with van der Waals surface area (Å²) in [7, 11) is 0. The van der Waals surface area contributed by atoms with Gasteiger partial charge in [-0.15, -0.1) is 0 Å². The molecule has 2 heterocycles. The van der Waals surface area contributed by atoms with Gasteiger partial charge in [0.1, 0.15) is 5.82 Å². The molecule has 1 aromatic carbocycles. The third-order valence-corrected chi connectivity index (χ3v) is 4.49. The second-order valence-corrected chi connectivity index (χ2v) is 6.14. The lowest BCUT2D eigenvalue weighted by Crippen LogP contribution is -2.45. The molecule has 1 amide bonds. The maximum Gasteiger partial charge on any atom is 0.237 e. The SMILES string of the molecule is O=C(NCC1CCCO1)C1CCCN1Cc1ccc(F)cc1. The van der Waals surface area contributed by atoms with Crippen molar-refractivity contribution in [3.05, 3.63) is 35.6 Å². The number of carbonyl (C=O) groups is 1. The lowest BCUT2D eigenvalue weighted by atomic mass is 10.1. The number of nitrogens with one attached hydrogen (secondary N) is 1. The van der Waals surface area contributed by atoms with Gasteiger partial charge in [0.25, 0.3) is 0 Å². The number of hydrogen-bond acceptors (Lipinski definition) is 3. The molecule has 22 heavy (non-hydrogen) atoms. The molecule has 2 fully saturated rings. The molecule has 0 saturated carbocycles. The highest BCUT2D eigenvalue weighted by molar-refractivity contribution is 5.82. The van der Waals surface area contributed by atoms with Crippen LogP contribution in [0.2, 0.25) is 0 Å². The first-order valence-corrected chi connectivity index (χ1v) is 8.10. The molecule has 0 radical (unpaired) electrons. The predicted molar refractivity (Wildman–Crippen MR) is 81.8 cm³/mol. The smallest absolute Gasteiger partial charge is 0.237 e. The van der Waals surface area contributed by atoms with E-state index >= 15 is 0 Å². The van der Waals surface area contributed by atoms with Crippen LogP contribution in [0, 0.1) is 5.82 Å². The van der Waals surface area contributed by atoms with Crippen molar-refractivity contribution in [1.82, 2.24) is 10.2 Å². The monoisotopic (exact) mass is 306 g/mol. The molecule has 5 heteroatoms. The number of benzene rings is 1. The van der Waals surface area contributed by atoms with Crippen molar-refractivity contribution in [2.75, 3.05) is 19.7 Å². The Morgan fingerprint density at radius 3 is 2.82 bits per heavy atom. The van der Waals surface area contributed by atoms with E-state index < -0.39 is 0 Å². The van der Waals surface area contributed by atoms with E-state index in [-0.39, 0.29) is 23.9 Å². The van der Waals surface area contributed by atoms with E-state index in [4.69, 9.17) is 4.74 Å². The number of ether oxygens (including phenoxy) is 1. The summed E-state index contributed by atoms with van der Waals surface area (Å²) in [6.45, 7) is 3.02. The second-order valence-electron chi connectivity index (χ2n) is 6.14. The van der Waals surface area contributed by atoms with Crippen LogP contribution >= 0.6 is 0 Å². The Labute approximate surface area is 130 Å². The maximum absolute atomic E-state index is 13.0. The molecule has 120 valence electrons. The van der Waals surface area contributed by atoms with Crippen molar-refractivity contribution in [3.63, 3.8) is 0 Å². The van der Waals surface area contributed by atoms with Crippen LogP contribution in [0.5, 0.6) is 0 Å². The summed E-state index contributed by atoms with van der Waals surface area (Å²) in [6, 6.07) is 6.44. The van der Waals surface area contributed by atoms with Crippen molar-refractivity contribution in [1.29, 1.82) is 0 Å². The predicted octanol–water partition coefficient (Wildman–Crippen LogP) is 2.09. The minimum absolute atomic E-state index is 0.0774. The molecule has 0 aromatic heterocycles. The zero-order chi connectivity index (χ0) is 15.4. The number of nitrogens with zero attached hydrogens (tertiary/aromatic N) is 1. The Hall–Kier alpha value is -1.46. The number of rotatable bonds is 5. The fourth-order valence-electron chi connectivity index (χ4n) is 3.27. The molecule has 1 aromatic rings. The van der Waals surface area contributed by atoms with Crippen molar-refractivity contribution in [2.24, 2.45) is 0 Å². The fraction of sp³-hybridized carbons (Fsp3) is 0.588. The fourth-order valence-corrected chi connectivity index (χ4v) is 3.27. The molecule has 2 atom stereocenters. The highest BCUT2D eigenvalue weighted by Gasteiger charge is 2.31. The van der Waals surface area contributed by atoms with Gasteiger partial charge in [-0.1, -0.05) is 12.1 Å². The Kier molecular flexibility index (Phi) is 5.05. The summed E-state index contributed by atoms with van der Waals surface area (Å²) in [5.74, 6) is -0.133. The van der Waals surface area contributed by atoms with Crippen molar-refractivity contribution < 1.29 is 13.9 Å². The van der Waals surface area contributed by atoms with Crippen molar-refractivity contribution in [2.45, 2.75) is 44.4 Å². The Bertz CT molecular complexity index is 500. The quantitative estimate of drug-likeness (QED) is 0.905. The number of hydrogen-bond donors (Lipinski definition) is 1. The molecular weight excluding hydrogens is 283 g/mol. The van der Waals surface area contributed by atoms with E-state index in [9.17, 15) is 9.18 Å². The van der Waals surface area contributed by atoms with E-state index in [0.29, 0.717) is 13.1 Å². The van der Waals surface area contributed by atoms with Crippen LogP contribution in [0.25, 0.3) is 0 Å². The normalized spacial score (nSPS) is 25.5. The Morgan fingerprint density at radius 2 is 2.09 bits per heavy atom. The van der Waals surface area contributed by atoms with Crippen LogP contribution in [0.1, 0.15) is 31.2 Å². The van der Waals surface area contributed by atoms with Crippen LogP contribution in [-0.2, 0) is 16.1 Å². The molecular formula is C17H23FN2O2. The van der Waals surface area contributed by atoms with Crippen molar-refractivity contribution in [3.8, 4) is 0 Å². The van der Waals surface area contributed by atoms with Crippen LogP contribution in [0.3, 0.4) is 0 Å². The summed E-state index contributed by atoms with van der Waals surface area (Å²) < 4.78 is 18.5. The van der Waals surface area contributed by atoms with Crippen molar-refractivity contribution >= 4 is 5.91 Å². The highest BCUT2D eigenvalue weighted by atomic mass is 19.1. The zero-order valence-electron chi connectivity index (χ0n) is 12.8. The van der Waals surface area contributed by atoms with E-state index in [1.165, 1.54) is 12.1 Å². The van der Waals surface area contributed by atoms with Gasteiger partial charge in [0.15, 0.2) is 0 Å². The number of halogens is 1. The van der Waals surface area contributed by atoms with E-state index in [1.807, 2.05) is 0 Å². The maximum atomic E-state index is 13.0. The summed E-state index contributed by atoms with van der Waals surface area (Å²) >= 11 is 0. The first-order valence-electron chi connectivity index (χ1n) is 8.10. The molecule has 0 spiro atoms. The molecule has 3 rings (SSSR count). The molecule has 2 saturated heterocycles. The van der Waals surface area contributed by atoms with E-state index in [2.05, 4.69) is 10.2 Å². The lowest BCUT2D eigenvalue weighted by Gasteiger charge is -2.24. The summed E-state index contributed by atoms with van der Waals surface area (Å²) in [6.07, 6.45) is 4.21. The molecule has 1 N–H and O–H groups in total. The lowest BCUT2D eigenvalue weighted by molar-refractivity contribution is -0.126. The van der Waals surface area contributed by atoms with Crippen LogP contribution in [0.4, 0.5) is 4.39 Å². The number of likely N-dealkylation sites (tertiary alicyclic amines) is 1. The minimum atomic E-state index is -0.226. The molecule has 0 bridgehead atoms. The molecule has 2 aliphatic heterocycles. The zero-order valence-corrected chi connectivity index (χ0v) is 12.8. The number of carbonyl (C=O) groups excluding carboxylic acids is 1. The standard InChI is InChI=1S/C17H23FN2O2/c18-14-7-5-13(6-8-14)12-20-9-1-4-16(20)17(21)19-11-15-3-2-10-22-15/h5-8,15-16H,1-4,9-12H2,(H,19,21). The van der Waals surface area contributed by atoms with Gasteiger partial charge in [-0.25, -0.2) is 4.39 Å². The second kappa shape index (κ2) is 7.20. The van der Waals surface area contributed by atoms with Gasteiger partial charge in [0.05, 0.1) is 12.1 Å². The minimum Gasteiger partial charge on any atom is -0.376 e. The first-order chi connectivity index (χ1) is 10.7. The summed E-state index contributed by atoms with van der Waals surface area (Å²) in [4.78, 5) is 14.6. The van der Waals surface area contributed by atoms with Crippen LogP contribution < -0.4 is 5.32 Å². The molecule has 0 aliphatic carbocycles. The average molecular weight is 306 g/mol. The van der Waals surface area contributed by atoms with Gasteiger partial charge in [0, 0.05) is 19.7 Å². The largest absolute Gasteiger partial charge is 0.376 e. The average Bonchev–Trinajstić information content (AvgIpc) is 3.18. The molecule has 2 aliphatic rings. The van der Waals surface area contributed by atoms with Gasteiger partial charge in [-0.05, 0) is 49.9 Å². The third kappa shape index (κ3) is 3.84. The van der Waals surface area contributed by atoms with Gasteiger partial charge < -0.3 is 10.1 Å². The third-order valence-electron chi connectivity index (χ3n) is 4.49. The van der Waals surface area contributed by atoms with E-state index in [0.717, 1.165) is 44.4 Å². The van der Waals surface area contributed by atoms with Gasteiger partial charge in [-0.3, -0.25) is 9.69 Å². The summed E-state index contributed by atoms with van der Waals surface area (Å²) in [5, 5.41) is 3.03. The van der Waals surface area contributed by atoms with Gasteiger partial charge in [0.2, 0.25) is 5.91 Å². The topological polar surface area (TPSA) is 41.6 Å². The Morgan fingerprint density at radius 1 is 1.27 bits per heavy atom. The Balaban J connectivity index is 1.52. The van der Waals surface area contributed by atoms with E-state index in [1.54, 1.807) is 12.1 Å². The first kappa shape index (κ1) is 15.4. The number of amides is 1.